The molecule has 1 N–H and O–H groups in total. The molecule has 1 aromatic rings. The van der Waals surface area contributed by atoms with Gasteiger partial charge in [0.15, 0.2) is 5.69 Å². The standard InChI is InChI=1S/C15H19F4NO2.C2H6/c1-4-7(3)22-9-6-20-14(15(17,18)19)11-10(9)8(5-2)12(16)13(11)21;1-2/h6-8,12-13,21H,4-5H2,1-3H3;1-2H3. The molecule has 0 fully saturated rings. The number of alkyl halides is 4. The molecule has 1 heterocycles. The Morgan fingerprint density at radius 1 is 1.25 bits per heavy atom. The number of aromatic nitrogens is 1. The zero-order valence-corrected chi connectivity index (χ0v) is 14.6. The molecule has 7 heteroatoms. The van der Waals surface area contributed by atoms with Gasteiger partial charge < -0.3 is 9.84 Å². The van der Waals surface area contributed by atoms with Crippen LogP contribution in [0.1, 0.15) is 76.3 Å². The zero-order valence-electron chi connectivity index (χ0n) is 14.6. The van der Waals surface area contributed by atoms with Crippen molar-refractivity contribution < 1.29 is 27.4 Å². The van der Waals surface area contributed by atoms with Crippen molar-refractivity contribution in [1.82, 2.24) is 4.98 Å². The van der Waals surface area contributed by atoms with Crippen LogP contribution in [-0.2, 0) is 6.18 Å². The van der Waals surface area contributed by atoms with Gasteiger partial charge in [-0.3, -0.25) is 0 Å². The van der Waals surface area contributed by atoms with Crippen LogP contribution in [-0.4, -0.2) is 22.4 Å². The van der Waals surface area contributed by atoms with Crippen LogP contribution in [0.5, 0.6) is 5.75 Å². The van der Waals surface area contributed by atoms with Crippen molar-refractivity contribution in [2.24, 2.45) is 0 Å². The Morgan fingerprint density at radius 2 is 1.83 bits per heavy atom. The van der Waals surface area contributed by atoms with Crippen molar-refractivity contribution in [3.8, 4) is 5.75 Å². The molecule has 3 nitrogen and oxygen atoms in total. The number of hydrogen-bond acceptors (Lipinski definition) is 3. The third kappa shape index (κ3) is 3.82. The van der Waals surface area contributed by atoms with Gasteiger partial charge in [0.25, 0.3) is 0 Å². The maximum atomic E-state index is 14.2. The lowest BCUT2D eigenvalue weighted by molar-refractivity contribution is -0.143. The van der Waals surface area contributed by atoms with E-state index < -0.39 is 35.6 Å². The second-order valence-corrected chi connectivity index (χ2v) is 5.54. The maximum Gasteiger partial charge on any atom is 0.433 e. The summed E-state index contributed by atoms with van der Waals surface area (Å²) in [5.41, 5.74) is -1.61. The first kappa shape index (κ1) is 20.7. The fraction of sp³-hybridized carbons (Fsp3) is 0.706. The van der Waals surface area contributed by atoms with Gasteiger partial charge in [0.1, 0.15) is 18.0 Å². The van der Waals surface area contributed by atoms with E-state index in [1.165, 1.54) is 0 Å². The van der Waals surface area contributed by atoms with Crippen molar-refractivity contribution in [3.63, 3.8) is 0 Å². The Bertz CT molecular complexity index is 548. The summed E-state index contributed by atoms with van der Waals surface area (Å²) >= 11 is 0. The minimum atomic E-state index is -4.75. The van der Waals surface area contributed by atoms with Crippen molar-refractivity contribution >= 4 is 0 Å². The highest BCUT2D eigenvalue weighted by atomic mass is 19.4. The first-order valence-corrected chi connectivity index (χ1v) is 8.31. The van der Waals surface area contributed by atoms with E-state index in [9.17, 15) is 22.7 Å². The molecule has 2 rings (SSSR count). The number of pyridine rings is 1. The molecule has 1 aromatic heterocycles. The number of aliphatic hydroxyl groups is 1. The second kappa shape index (κ2) is 8.14. The van der Waals surface area contributed by atoms with Crippen LogP contribution < -0.4 is 4.74 Å². The molecule has 4 atom stereocenters. The van der Waals surface area contributed by atoms with Crippen molar-refractivity contribution in [3.05, 3.63) is 23.0 Å². The van der Waals surface area contributed by atoms with E-state index in [2.05, 4.69) is 4.98 Å². The summed E-state index contributed by atoms with van der Waals surface area (Å²) in [4.78, 5) is 3.39. The molecule has 0 bridgehead atoms. The number of rotatable bonds is 4. The van der Waals surface area contributed by atoms with Crippen LogP contribution in [0.4, 0.5) is 17.6 Å². The summed E-state index contributed by atoms with van der Waals surface area (Å²) < 4.78 is 59.1. The molecular formula is C17H25F4NO2. The summed E-state index contributed by atoms with van der Waals surface area (Å²) in [7, 11) is 0. The molecular weight excluding hydrogens is 326 g/mol. The normalized spacial score (nSPS) is 24.0. The van der Waals surface area contributed by atoms with Gasteiger partial charge in [-0.2, -0.15) is 13.2 Å². The summed E-state index contributed by atoms with van der Waals surface area (Å²) in [6.07, 6.45) is -6.70. The minimum Gasteiger partial charge on any atom is -0.489 e. The van der Waals surface area contributed by atoms with Gasteiger partial charge in [0.05, 0.1) is 12.3 Å². The highest BCUT2D eigenvalue weighted by molar-refractivity contribution is 5.50. The molecule has 1 aliphatic rings. The first-order chi connectivity index (χ1) is 11.2. The predicted molar refractivity (Wildman–Crippen MR) is 83.9 cm³/mol. The minimum absolute atomic E-state index is 0.102. The number of hydrogen-bond donors (Lipinski definition) is 1. The Labute approximate surface area is 140 Å². The van der Waals surface area contributed by atoms with E-state index in [0.717, 1.165) is 6.20 Å². The van der Waals surface area contributed by atoms with Crippen molar-refractivity contribution in [1.29, 1.82) is 0 Å². The fourth-order valence-electron chi connectivity index (χ4n) is 2.79. The van der Waals surface area contributed by atoms with Gasteiger partial charge >= 0.3 is 6.18 Å². The number of nitrogens with zero attached hydrogens (tertiary/aromatic N) is 1. The zero-order chi connectivity index (χ0) is 18.7. The van der Waals surface area contributed by atoms with E-state index in [1.54, 1.807) is 13.8 Å². The van der Waals surface area contributed by atoms with E-state index in [4.69, 9.17) is 4.74 Å². The van der Waals surface area contributed by atoms with Crippen LogP contribution in [0, 0.1) is 0 Å². The Hall–Kier alpha value is -1.37. The molecule has 0 amide bonds. The number of ether oxygens (including phenoxy) is 1. The molecule has 1 aliphatic carbocycles. The largest absolute Gasteiger partial charge is 0.489 e. The Morgan fingerprint density at radius 3 is 2.29 bits per heavy atom. The van der Waals surface area contributed by atoms with Gasteiger partial charge in [-0.05, 0) is 19.8 Å². The van der Waals surface area contributed by atoms with Crippen LogP contribution >= 0.6 is 0 Å². The van der Waals surface area contributed by atoms with Crippen molar-refractivity contribution in [2.75, 3.05) is 0 Å². The molecule has 0 radical (unpaired) electrons. The van der Waals surface area contributed by atoms with Gasteiger partial charge in [-0.1, -0.05) is 27.7 Å². The van der Waals surface area contributed by atoms with E-state index in [0.29, 0.717) is 6.42 Å². The molecule has 0 saturated heterocycles. The third-order valence-electron chi connectivity index (χ3n) is 4.09. The van der Waals surface area contributed by atoms with Gasteiger partial charge in [0, 0.05) is 17.0 Å². The molecule has 24 heavy (non-hydrogen) atoms. The SMILES string of the molecule is CC.CCC(C)Oc1cnc(C(F)(F)F)c2c1C(CC)C(F)C2O. The molecule has 138 valence electrons. The summed E-state index contributed by atoms with van der Waals surface area (Å²) in [5.74, 6) is -0.698. The molecule has 4 unspecified atom stereocenters. The smallest absolute Gasteiger partial charge is 0.433 e. The predicted octanol–water partition coefficient (Wildman–Crippen LogP) is 5.18. The van der Waals surface area contributed by atoms with Gasteiger partial charge in [-0.25, -0.2) is 9.37 Å². The first-order valence-electron chi connectivity index (χ1n) is 8.31. The highest BCUT2D eigenvalue weighted by Crippen LogP contribution is 2.51. The van der Waals surface area contributed by atoms with Crippen LogP contribution in [0.15, 0.2) is 6.20 Å². The number of aliphatic hydroxyl groups excluding tert-OH is 1. The Kier molecular flexibility index (Phi) is 7.01. The quantitative estimate of drug-likeness (QED) is 0.760. The topological polar surface area (TPSA) is 42.4 Å². The highest BCUT2D eigenvalue weighted by Gasteiger charge is 2.48. The second-order valence-electron chi connectivity index (χ2n) is 5.54. The molecule has 0 aliphatic heterocycles. The van der Waals surface area contributed by atoms with Crippen LogP contribution in [0.3, 0.4) is 0 Å². The summed E-state index contributed by atoms with van der Waals surface area (Å²) in [6.45, 7) is 9.30. The lowest BCUT2D eigenvalue weighted by Gasteiger charge is -2.20. The summed E-state index contributed by atoms with van der Waals surface area (Å²) in [6, 6.07) is 0. The van der Waals surface area contributed by atoms with Crippen molar-refractivity contribution in [2.45, 2.75) is 77.9 Å². The van der Waals surface area contributed by atoms with E-state index in [-0.39, 0.29) is 23.8 Å². The van der Waals surface area contributed by atoms with E-state index >= 15 is 0 Å². The maximum absolute atomic E-state index is 14.2. The molecule has 0 spiro atoms. The van der Waals surface area contributed by atoms with Gasteiger partial charge in [0.2, 0.25) is 0 Å². The lowest BCUT2D eigenvalue weighted by atomic mass is 9.97. The average Bonchev–Trinajstić information content (AvgIpc) is 2.80. The Balaban J connectivity index is 0.00000139. The van der Waals surface area contributed by atoms with Crippen LogP contribution in [0.2, 0.25) is 0 Å². The van der Waals surface area contributed by atoms with E-state index in [1.807, 2.05) is 20.8 Å². The number of halogens is 4. The van der Waals surface area contributed by atoms with Crippen LogP contribution in [0.25, 0.3) is 0 Å². The molecule has 0 saturated carbocycles. The van der Waals surface area contributed by atoms with Gasteiger partial charge in [-0.15, -0.1) is 0 Å². The monoisotopic (exact) mass is 351 g/mol. The average molecular weight is 351 g/mol. The third-order valence-corrected chi connectivity index (χ3v) is 4.09. The number of fused-ring (bicyclic) bond motifs is 1. The fourth-order valence-corrected chi connectivity index (χ4v) is 2.79. The summed E-state index contributed by atoms with van der Waals surface area (Å²) in [5, 5.41) is 9.94. The molecule has 0 aromatic carbocycles. The lowest BCUT2D eigenvalue weighted by Crippen LogP contribution is -2.17.